The zero-order chi connectivity index (χ0) is 15.8. The first-order valence-electron chi connectivity index (χ1n) is 7.93. The zero-order valence-corrected chi connectivity index (χ0v) is 13.7. The van der Waals surface area contributed by atoms with Gasteiger partial charge in [-0.15, -0.1) is 6.58 Å². The first-order chi connectivity index (χ1) is 9.93. The van der Waals surface area contributed by atoms with E-state index in [1.54, 1.807) is 6.08 Å². The number of carbonyl (C=O) groups excluding carboxylic acids is 1. The maximum absolute atomic E-state index is 11.9. The van der Waals surface area contributed by atoms with E-state index in [0.717, 1.165) is 39.0 Å². The fraction of sp³-hybridized carbons (Fsp3) is 0.812. The van der Waals surface area contributed by atoms with E-state index in [2.05, 4.69) is 21.7 Å². The molecule has 2 N–H and O–H groups in total. The first kappa shape index (κ1) is 18.1. The molecule has 0 aromatic rings. The highest BCUT2D eigenvalue weighted by Gasteiger charge is 2.24. The third-order valence-corrected chi connectivity index (χ3v) is 4.24. The molecule has 2 atom stereocenters. The van der Waals surface area contributed by atoms with Crippen molar-refractivity contribution in [2.45, 2.75) is 38.8 Å². The van der Waals surface area contributed by atoms with Crippen molar-refractivity contribution in [3.05, 3.63) is 12.7 Å². The number of aliphatic hydroxyl groups is 1. The second-order valence-electron chi connectivity index (χ2n) is 6.24. The Balaban J connectivity index is 2.30. The molecule has 1 aliphatic rings. The molecule has 1 fully saturated rings. The van der Waals surface area contributed by atoms with E-state index in [9.17, 15) is 9.90 Å². The van der Waals surface area contributed by atoms with Gasteiger partial charge in [-0.1, -0.05) is 6.08 Å². The minimum Gasteiger partial charge on any atom is -0.392 e. The van der Waals surface area contributed by atoms with Crippen LogP contribution in [0.15, 0.2) is 12.7 Å². The van der Waals surface area contributed by atoms with Crippen LogP contribution in [0.4, 0.5) is 0 Å². The summed E-state index contributed by atoms with van der Waals surface area (Å²) < 4.78 is 0. The maximum Gasteiger partial charge on any atom is 0.237 e. The highest BCUT2D eigenvalue weighted by Crippen LogP contribution is 2.19. The molecule has 0 aromatic heterocycles. The minimum absolute atomic E-state index is 0.0592. The third kappa shape index (κ3) is 6.59. The van der Waals surface area contributed by atoms with Crippen LogP contribution >= 0.6 is 0 Å². The Morgan fingerprint density at radius 1 is 1.48 bits per heavy atom. The van der Waals surface area contributed by atoms with Crippen molar-refractivity contribution < 1.29 is 9.90 Å². The van der Waals surface area contributed by atoms with E-state index in [4.69, 9.17) is 0 Å². The summed E-state index contributed by atoms with van der Waals surface area (Å²) in [6.45, 7) is 11.7. The van der Waals surface area contributed by atoms with Crippen molar-refractivity contribution in [2.75, 3.05) is 39.8 Å². The topological polar surface area (TPSA) is 55.8 Å². The molecule has 1 amide bonds. The summed E-state index contributed by atoms with van der Waals surface area (Å²) in [5.41, 5.74) is 0. The van der Waals surface area contributed by atoms with Gasteiger partial charge in [0.05, 0.1) is 12.1 Å². The van der Waals surface area contributed by atoms with E-state index in [-0.39, 0.29) is 18.1 Å². The molecule has 0 aromatic carbocycles. The molecule has 0 radical (unpaired) electrons. The average Bonchev–Trinajstić information content (AvgIpc) is 2.45. The fourth-order valence-electron chi connectivity index (χ4n) is 2.81. The van der Waals surface area contributed by atoms with E-state index in [0.29, 0.717) is 12.5 Å². The van der Waals surface area contributed by atoms with Crippen LogP contribution in [-0.4, -0.2) is 72.7 Å². The Bertz CT molecular complexity index is 325. The second kappa shape index (κ2) is 9.18. The first-order valence-corrected chi connectivity index (χ1v) is 7.93. The smallest absolute Gasteiger partial charge is 0.237 e. The highest BCUT2D eigenvalue weighted by atomic mass is 16.3. The summed E-state index contributed by atoms with van der Waals surface area (Å²) in [4.78, 5) is 16.4. The summed E-state index contributed by atoms with van der Waals surface area (Å²) in [7, 11) is 2.01. The van der Waals surface area contributed by atoms with Crippen molar-refractivity contribution in [1.29, 1.82) is 0 Å². The lowest BCUT2D eigenvalue weighted by molar-refractivity contribution is -0.125. The molecular weight excluding hydrogens is 266 g/mol. The number of nitrogens with one attached hydrogen (secondary N) is 1. The van der Waals surface area contributed by atoms with Gasteiger partial charge in [-0.05, 0) is 52.7 Å². The van der Waals surface area contributed by atoms with Gasteiger partial charge in [0.1, 0.15) is 0 Å². The zero-order valence-electron chi connectivity index (χ0n) is 13.7. The van der Waals surface area contributed by atoms with Crippen molar-refractivity contribution in [1.82, 2.24) is 15.1 Å². The van der Waals surface area contributed by atoms with E-state index < -0.39 is 0 Å². The largest absolute Gasteiger partial charge is 0.392 e. The van der Waals surface area contributed by atoms with Crippen LogP contribution in [0.5, 0.6) is 0 Å². The number of β-amino-alcohol motifs (C(OH)–C–C–N with tert-alkyl or cyclic N) is 1. The third-order valence-electron chi connectivity index (χ3n) is 4.24. The van der Waals surface area contributed by atoms with Gasteiger partial charge in [0, 0.05) is 19.6 Å². The Kier molecular flexibility index (Phi) is 7.93. The normalized spacial score (nSPS) is 20.2. The monoisotopic (exact) mass is 297 g/mol. The molecule has 1 heterocycles. The Labute approximate surface area is 129 Å². The summed E-state index contributed by atoms with van der Waals surface area (Å²) in [5, 5.41) is 12.3. The lowest BCUT2D eigenvalue weighted by Crippen LogP contribution is -2.46. The standard InChI is InChI=1S/C16H31N3O2/c1-5-8-17-16(21)14(3)18(4)12-15-6-9-19(10-7-15)11-13(2)20/h5,13-15,20H,1,6-12H2,2-4H3,(H,17,21)/t13-,14-/m0/s1. The average molecular weight is 297 g/mol. The Morgan fingerprint density at radius 3 is 2.62 bits per heavy atom. The molecule has 1 aliphatic heterocycles. The number of aliphatic hydroxyl groups excluding tert-OH is 1. The van der Waals surface area contributed by atoms with Gasteiger partial charge in [-0.3, -0.25) is 9.69 Å². The van der Waals surface area contributed by atoms with Gasteiger partial charge in [0.2, 0.25) is 5.91 Å². The Hall–Kier alpha value is -0.910. The number of piperidine rings is 1. The molecule has 5 heteroatoms. The van der Waals surface area contributed by atoms with Crippen molar-refractivity contribution in [3.8, 4) is 0 Å². The summed E-state index contributed by atoms with van der Waals surface area (Å²) in [5.74, 6) is 0.693. The summed E-state index contributed by atoms with van der Waals surface area (Å²) in [6, 6.07) is -0.111. The molecule has 21 heavy (non-hydrogen) atoms. The minimum atomic E-state index is -0.252. The molecule has 0 aliphatic carbocycles. The van der Waals surface area contributed by atoms with Gasteiger partial charge in [0.15, 0.2) is 0 Å². The van der Waals surface area contributed by atoms with Crippen molar-refractivity contribution >= 4 is 5.91 Å². The number of hydrogen-bond acceptors (Lipinski definition) is 4. The van der Waals surface area contributed by atoms with Gasteiger partial charge in [-0.2, -0.15) is 0 Å². The quantitative estimate of drug-likeness (QED) is 0.648. The highest BCUT2D eigenvalue weighted by molar-refractivity contribution is 5.81. The molecule has 1 rings (SSSR count). The van der Waals surface area contributed by atoms with Gasteiger partial charge in [0.25, 0.3) is 0 Å². The van der Waals surface area contributed by atoms with Gasteiger partial charge >= 0.3 is 0 Å². The SMILES string of the molecule is C=CCNC(=O)[C@H](C)N(C)CC1CCN(C[C@H](C)O)CC1. The van der Waals surface area contributed by atoms with Crippen LogP contribution in [0.2, 0.25) is 0 Å². The molecule has 1 saturated heterocycles. The molecule has 122 valence electrons. The lowest BCUT2D eigenvalue weighted by atomic mass is 9.95. The number of amides is 1. The molecule has 0 bridgehead atoms. The van der Waals surface area contributed by atoms with Crippen LogP contribution in [0.1, 0.15) is 26.7 Å². The van der Waals surface area contributed by atoms with Crippen molar-refractivity contribution in [2.24, 2.45) is 5.92 Å². The predicted molar refractivity (Wildman–Crippen MR) is 86.1 cm³/mol. The summed E-state index contributed by atoms with van der Waals surface area (Å²) in [6.07, 6.45) is 3.72. The van der Waals surface area contributed by atoms with Crippen LogP contribution < -0.4 is 5.32 Å². The fourth-order valence-corrected chi connectivity index (χ4v) is 2.81. The number of nitrogens with zero attached hydrogens (tertiary/aromatic N) is 2. The van der Waals surface area contributed by atoms with Gasteiger partial charge < -0.3 is 15.3 Å². The number of likely N-dealkylation sites (N-methyl/N-ethyl adjacent to an activating group) is 1. The van der Waals surface area contributed by atoms with Crippen LogP contribution in [0, 0.1) is 5.92 Å². The van der Waals surface area contributed by atoms with Gasteiger partial charge in [-0.25, -0.2) is 0 Å². The predicted octanol–water partition coefficient (Wildman–Crippen LogP) is 0.702. The van der Waals surface area contributed by atoms with E-state index in [1.807, 2.05) is 20.9 Å². The summed E-state index contributed by atoms with van der Waals surface area (Å²) >= 11 is 0. The maximum atomic E-state index is 11.9. The second-order valence-corrected chi connectivity index (χ2v) is 6.24. The molecular formula is C16H31N3O2. The number of rotatable bonds is 8. The van der Waals surface area contributed by atoms with Crippen LogP contribution in [-0.2, 0) is 4.79 Å². The van der Waals surface area contributed by atoms with E-state index >= 15 is 0 Å². The number of likely N-dealkylation sites (tertiary alicyclic amines) is 1. The van der Waals surface area contributed by atoms with Crippen LogP contribution in [0.25, 0.3) is 0 Å². The molecule has 0 spiro atoms. The number of hydrogen-bond donors (Lipinski definition) is 2. The Morgan fingerprint density at radius 2 is 2.10 bits per heavy atom. The molecule has 0 unspecified atom stereocenters. The lowest BCUT2D eigenvalue weighted by Gasteiger charge is -2.35. The molecule has 0 saturated carbocycles. The molecule has 5 nitrogen and oxygen atoms in total. The van der Waals surface area contributed by atoms with Crippen LogP contribution in [0.3, 0.4) is 0 Å². The van der Waals surface area contributed by atoms with E-state index in [1.165, 1.54) is 0 Å². The number of carbonyl (C=O) groups is 1. The van der Waals surface area contributed by atoms with Crippen molar-refractivity contribution in [3.63, 3.8) is 0 Å².